The van der Waals surface area contributed by atoms with Gasteiger partial charge in [-0.05, 0) is 0 Å². The van der Waals surface area contributed by atoms with Crippen molar-refractivity contribution in [2.24, 2.45) is 0 Å². The third-order valence-electron chi connectivity index (χ3n) is 1.61. The average Bonchev–Trinajstić information content (AvgIpc) is 2.43. The van der Waals surface area contributed by atoms with E-state index < -0.39 is 54.3 Å². The normalized spacial score (nSPS) is 12.6. The molecule has 4 atom stereocenters. The van der Waals surface area contributed by atoms with Crippen LogP contribution in [-0.4, -0.2) is 149 Å². The van der Waals surface area contributed by atoms with E-state index in [1.807, 2.05) is 0 Å². The van der Waals surface area contributed by atoms with Crippen LogP contribution in [0, 0.1) is 0 Å². The zero-order valence-electron chi connectivity index (χ0n) is 12.2. The molecule has 14 nitrogen and oxygen atoms in total. The SMILES string of the molecule is CC(=O)O.O=C(O)C(O)C(O)C(=O)O.O=C(O)C(O)C(O)C(=O)O.[Cu].[LiH].[NaH]. The second kappa shape index (κ2) is 21.6. The van der Waals surface area contributed by atoms with Crippen molar-refractivity contribution in [1.82, 2.24) is 0 Å². The molecule has 27 heavy (non-hydrogen) atoms. The molecule has 0 fully saturated rings. The number of rotatable bonds is 6. The van der Waals surface area contributed by atoms with Gasteiger partial charge in [-0.2, -0.15) is 0 Å². The van der Waals surface area contributed by atoms with E-state index in [2.05, 4.69) is 0 Å². The first-order valence-corrected chi connectivity index (χ1v) is 5.49. The number of aliphatic hydroxyl groups excluding tert-OH is 4. The van der Waals surface area contributed by atoms with Crippen LogP contribution in [0.3, 0.4) is 0 Å². The first-order valence-electron chi connectivity index (χ1n) is 5.49. The monoisotopic (exact) mass is 455 g/mol. The van der Waals surface area contributed by atoms with Crippen molar-refractivity contribution in [2.45, 2.75) is 31.3 Å². The van der Waals surface area contributed by atoms with Gasteiger partial charge in [0.1, 0.15) is 0 Å². The molecule has 1 radical (unpaired) electrons. The minimum absolute atomic E-state index is 0. The van der Waals surface area contributed by atoms with Gasteiger partial charge < -0.3 is 46.0 Å². The van der Waals surface area contributed by atoms with Gasteiger partial charge >= 0.3 is 72.3 Å². The van der Waals surface area contributed by atoms with Gasteiger partial charge in [0.05, 0.1) is 0 Å². The zero-order valence-corrected chi connectivity index (χ0v) is 13.1. The molecule has 0 saturated heterocycles. The molecule has 155 valence electrons. The van der Waals surface area contributed by atoms with Crippen molar-refractivity contribution in [3.05, 3.63) is 0 Å². The Morgan fingerprint density at radius 2 is 0.630 bits per heavy atom. The van der Waals surface area contributed by atoms with Gasteiger partial charge in [0.2, 0.25) is 0 Å². The van der Waals surface area contributed by atoms with Crippen LogP contribution in [0.15, 0.2) is 0 Å². The Labute approximate surface area is 195 Å². The van der Waals surface area contributed by atoms with Crippen LogP contribution < -0.4 is 0 Å². The molecule has 0 aliphatic rings. The zero-order chi connectivity index (χ0) is 20.2. The number of hydrogen-bond donors (Lipinski definition) is 9. The maximum atomic E-state index is 9.77. The van der Waals surface area contributed by atoms with Crippen LogP contribution in [0.1, 0.15) is 6.92 Å². The summed E-state index contributed by atoms with van der Waals surface area (Å²) >= 11 is 0. The molecule has 0 aromatic carbocycles. The predicted molar refractivity (Wildman–Crippen MR) is 82.2 cm³/mol. The van der Waals surface area contributed by atoms with E-state index in [1.54, 1.807) is 0 Å². The Kier molecular flexibility index (Phi) is 32.7. The second-order valence-corrected chi connectivity index (χ2v) is 3.65. The van der Waals surface area contributed by atoms with Gasteiger partial charge in [-0.15, -0.1) is 0 Å². The number of carbonyl (C=O) groups is 5. The molecule has 17 heteroatoms. The van der Waals surface area contributed by atoms with Crippen molar-refractivity contribution in [3.8, 4) is 0 Å². The molecule has 0 aliphatic carbocycles. The number of aliphatic carboxylic acids is 5. The topological polar surface area (TPSA) is 267 Å². The Hall–Kier alpha value is -0.693. The van der Waals surface area contributed by atoms with Crippen LogP contribution in [0.5, 0.6) is 0 Å². The van der Waals surface area contributed by atoms with Crippen LogP contribution in [0.4, 0.5) is 0 Å². The average molecular weight is 456 g/mol. The van der Waals surface area contributed by atoms with E-state index in [0.29, 0.717) is 0 Å². The third kappa shape index (κ3) is 25.3. The molecule has 4 unspecified atom stereocenters. The molecule has 0 aromatic rings. The Morgan fingerprint density at radius 1 is 0.556 bits per heavy atom. The van der Waals surface area contributed by atoms with Crippen LogP contribution in [0.25, 0.3) is 0 Å². The summed E-state index contributed by atoms with van der Waals surface area (Å²) in [6, 6.07) is 0. The van der Waals surface area contributed by atoms with Crippen LogP contribution in [-0.2, 0) is 41.0 Å². The fraction of sp³-hybridized carbons (Fsp3) is 0.500. The minimum atomic E-state index is -2.27. The van der Waals surface area contributed by atoms with Crippen molar-refractivity contribution in [3.63, 3.8) is 0 Å². The second-order valence-electron chi connectivity index (χ2n) is 3.65. The number of aliphatic hydroxyl groups is 4. The fourth-order valence-electron chi connectivity index (χ4n) is 0.540. The maximum absolute atomic E-state index is 9.77. The van der Waals surface area contributed by atoms with Gasteiger partial charge in [-0.25, -0.2) is 19.2 Å². The number of hydrogen-bond acceptors (Lipinski definition) is 9. The molecular weight excluding hydrogens is 438 g/mol. The van der Waals surface area contributed by atoms with Gasteiger partial charge in [0.15, 0.2) is 24.4 Å². The van der Waals surface area contributed by atoms with Gasteiger partial charge in [-0.1, -0.05) is 0 Å². The van der Waals surface area contributed by atoms with Gasteiger partial charge in [0, 0.05) is 24.0 Å². The fourth-order valence-corrected chi connectivity index (χ4v) is 0.540. The summed E-state index contributed by atoms with van der Waals surface area (Å²) in [6.07, 6.45) is -9.06. The Bertz CT molecular complexity index is 399. The molecule has 0 saturated carbocycles. The van der Waals surface area contributed by atoms with Crippen molar-refractivity contribution in [2.75, 3.05) is 0 Å². The van der Waals surface area contributed by atoms with Gasteiger partial charge in [-0.3, -0.25) is 4.79 Å². The molecule has 0 amide bonds. The summed E-state index contributed by atoms with van der Waals surface area (Å²) < 4.78 is 0. The van der Waals surface area contributed by atoms with E-state index >= 15 is 0 Å². The van der Waals surface area contributed by atoms with E-state index in [0.717, 1.165) is 6.92 Å². The summed E-state index contributed by atoms with van der Waals surface area (Å²) in [6.45, 7) is 1.08. The summed E-state index contributed by atoms with van der Waals surface area (Å²) in [4.78, 5) is 48.1. The van der Waals surface area contributed by atoms with Crippen molar-refractivity contribution in [1.29, 1.82) is 0 Å². The molecular formula is C10H18CuLiNaO14. The number of carboxylic acid groups (broad SMARTS) is 5. The summed E-state index contributed by atoms with van der Waals surface area (Å²) in [5.74, 6) is -7.91. The standard InChI is InChI=1S/2C4H6O6.C2H4O2.Cu.Li.Na.2H/c2*5-1(3(7)8)2(6)4(9)10;1-2(3)4;;;;;/h2*1-2,5-6H,(H,7,8)(H,9,10);1H3,(H,3,4);;;;;. The first-order chi connectivity index (χ1) is 10.7. The Morgan fingerprint density at radius 3 is 0.667 bits per heavy atom. The van der Waals surface area contributed by atoms with E-state index in [1.165, 1.54) is 0 Å². The molecule has 0 heterocycles. The first kappa shape index (κ1) is 40.9. The molecule has 0 rings (SSSR count). The summed E-state index contributed by atoms with van der Waals surface area (Å²) in [5.41, 5.74) is 0. The molecule has 9 N–H and O–H groups in total. The van der Waals surface area contributed by atoms with Crippen molar-refractivity contribution >= 4 is 78.3 Å². The predicted octanol–water partition coefficient (Wildman–Crippen LogP) is -5.45. The van der Waals surface area contributed by atoms with E-state index in [4.69, 9.17) is 50.8 Å². The summed E-state index contributed by atoms with van der Waals surface area (Å²) in [5, 5.41) is 72.5. The quantitative estimate of drug-likeness (QED) is 0.169. The third-order valence-corrected chi connectivity index (χ3v) is 1.61. The molecule has 0 aliphatic heterocycles. The van der Waals surface area contributed by atoms with Crippen molar-refractivity contribution < 1.29 is 87.0 Å². The van der Waals surface area contributed by atoms with E-state index in [-0.39, 0.29) is 65.5 Å². The number of carboxylic acids is 5. The molecule has 0 bridgehead atoms. The molecule has 0 aromatic heterocycles. The van der Waals surface area contributed by atoms with Gasteiger partial charge in [0.25, 0.3) is 5.97 Å². The van der Waals surface area contributed by atoms with Crippen LogP contribution in [0.2, 0.25) is 0 Å². The summed E-state index contributed by atoms with van der Waals surface area (Å²) in [7, 11) is 0. The molecule has 0 spiro atoms. The van der Waals surface area contributed by atoms with Crippen LogP contribution >= 0.6 is 0 Å². The Balaban J connectivity index is -0.0000000624. The van der Waals surface area contributed by atoms with E-state index in [9.17, 15) is 19.2 Å².